The van der Waals surface area contributed by atoms with Gasteiger partial charge in [-0.3, -0.25) is 0 Å². The molecule has 2 aromatic carbocycles. The van der Waals surface area contributed by atoms with Crippen LogP contribution >= 0.6 is 23.2 Å². The number of hydrogen-bond donors (Lipinski definition) is 1. The Bertz CT molecular complexity index is 757. The van der Waals surface area contributed by atoms with Gasteiger partial charge in [0.15, 0.2) is 0 Å². The third-order valence-corrected chi connectivity index (χ3v) is 3.76. The zero-order valence-electron chi connectivity index (χ0n) is 12.9. The molecule has 0 atom stereocenters. The first-order valence-corrected chi connectivity index (χ1v) is 7.85. The lowest BCUT2D eigenvalue weighted by Crippen LogP contribution is -2.34. The number of rotatable bonds is 5. The molecule has 0 aromatic heterocycles. The van der Waals surface area contributed by atoms with Crippen LogP contribution in [0.25, 0.3) is 0 Å². The van der Waals surface area contributed by atoms with Gasteiger partial charge in [0.2, 0.25) is 0 Å². The van der Waals surface area contributed by atoms with Crippen molar-refractivity contribution in [2.75, 3.05) is 25.5 Å². The van der Waals surface area contributed by atoms with Crippen LogP contribution < -0.4 is 10.1 Å². The van der Waals surface area contributed by atoms with Gasteiger partial charge in [-0.2, -0.15) is 5.26 Å². The van der Waals surface area contributed by atoms with Gasteiger partial charge in [-0.05, 0) is 42.5 Å². The lowest BCUT2D eigenvalue weighted by atomic mass is 10.2. The molecule has 0 spiro atoms. The number of carbonyl (C=O) groups is 1. The average molecular weight is 364 g/mol. The number of amides is 2. The molecule has 0 aliphatic rings. The number of ether oxygens (including phenoxy) is 1. The van der Waals surface area contributed by atoms with Crippen molar-refractivity contribution in [1.29, 1.82) is 5.26 Å². The Labute approximate surface area is 150 Å². The number of carbonyl (C=O) groups excluding carboxylic acids is 1. The summed E-state index contributed by atoms with van der Waals surface area (Å²) in [6, 6.07) is 13.4. The maximum atomic E-state index is 12.1. The van der Waals surface area contributed by atoms with Crippen molar-refractivity contribution in [3.05, 3.63) is 58.1 Å². The quantitative estimate of drug-likeness (QED) is 0.855. The summed E-state index contributed by atoms with van der Waals surface area (Å²) in [5, 5.41) is 12.5. The summed E-state index contributed by atoms with van der Waals surface area (Å²) in [6.07, 6.45) is 0. The lowest BCUT2D eigenvalue weighted by Gasteiger charge is -2.18. The molecule has 24 heavy (non-hydrogen) atoms. The van der Waals surface area contributed by atoms with E-state index in [4.69, 9.17) is 33.2 Å². The van der Waals surface area contributed by atoms with Gasteiger partial charge in [0.05, 0.1) is 17.1 Å². The molecule has 7 heteroatoms. The lowest BCUT2D eigenvalue weighted by molar-refractivity contribution is 0.207. The molecule has 0 fully saturated rings. The van der Waals surface area contributed by atoms with Crippen LogP contribution in [0.1, 0.15) is 5.56 Å². The van der Waals surface area contributed by atoms with E-state index in [2.05, 4.69) is 5.32 Å². The maximum Gasteiger partial charge on any atom is 0.321 e. The molecular weight excluding hydrogens is 349 g/mol. The Balaban J connectivity index is 1.82. The van der Waals surface area contributed by atoms with Crippen molar-refractivity contribution in [1.82, 2.24) is 4.90 Å². The Morgan fingerprint density at radius 2 is 1.96 bits per heavy atom. The monoisotopic (exact) mass is 363 g/mol. The van der Waals surface area contributed by atoms with Crippen molar-refractivity contribution in [3.63, 3.8) is 0 Å². The van der Waals surface area contributed by atoms with E-state index in [0.717, 1.165) is 0 Å². The van der Waals surface area contributed by atoms with Gasteiger partial charge < -0.3 is 15.0 Å². The second-order valence-electron chi connectivity index (χ2n) is 4.96. The molecule has 0 radical (unpaired) electrons. The number of hydrogen-bond acceptors (Lipinski definition) is 3. The number of likely N-dealkylation sites (N-methyl/N-ethyl adjacent to an activating group) is 1. The van der Waals surface area contributed by atoms with Crippen LogP contribution in [0.2, 0.25) is 10.0 Å². The van der Waals surface area contributed by atoms with E-state index >= 15 is 0 Å². The molecule has 0 unspecified atom stereocenters. The minimum absolute atomic E-state index is 0.295. The topological polar surface area (TPSA) is 65.4 Å². The third-order valence-electron chi connectivity index (χ3n) is 3.20. The maximum absolute atomic E-state index is 12.1. The Morgan fingerprint density at radius 1 is 1.25 bits per heavy atom. The van der Waals surface area contributed by atoms with Crippen LogP contribution in [-0.4, -0.2) is 31.1 Å². The fraction of sp³-hybridized carbons (Fsp3) is 0.176. The molecule has 1 N–H and O–H groups in total. The predicted molar refractivity (Wildman–Crippen MR) is 94.8 cm³/mol. The first-order chi connectivity index (χ1) is 11.5. The predicted octanol–water partition coefficient (Wildman–Crippen LogP) is 4.41. The number of halogens is 2. The number of benzene rings is 2. The van der Waals surface area contributed by atoms with Crippen molar-refractivity contribution >= 4 is 34.9 Å². The van der Waals surface area contributed by atoms with Crippen LogP contribution in [0, 0.1) is 11.3 Å². The summed E-state index contributed by atoms with van der Waals surface area (Å²) in [7, 11) is 1.66. The fourth-order valence-electron chi connectivity index (χ4n) is 1.84. The molecule has 0 aliphatic heterocycles. The number of nitriles is 1. The summed E-state index contributed by atoms with van der Waals surface area (Å²) in [5.41, 5.74) is 0.883. The highest BCUT2D eigenvalue weighted by Crippen LogP contribution is 2.20. The minimum Gasteiger partial charge on any atom is -0.492 e. The highest BCUT2D eigenvalue weighted by atomic mass is 35.5. The molecule has 0 saturated heterocycles. The molecule has 0 aliphatic carbocycles. The highest BCUT2D eigenvalue weighted by Gasteiger charge is 2.10. The van der Waals surface area contributed by atoms with Gasteiger partial charge in [0.25, 0.3) is 0 Å². The summed E-state index contributed by atoms with van der Waals surface area (Å²) < 4.78 is 5.54. The van der Waals surface area contributed by atoms with Crippen molar-refractivity contribution in [3.8, 4) is 11.8 Å². The molecule has 2 amide bonds. The molecule has 0 heterocycles. The van der Waals surface area contributed by atoms with Gasteiger partial charge in [-0.1, -0.05) is 23.2 Å². The normalized spacial score (nSPS) is 9.92. The first-order valence-electron chi connectivity index (χ1n) is 7.09. The number of nitrogens with one attached hydrogen (secondary N) is 1. The van der Waals surface area contributed by atoms with Gasteiger partial charge in [0.1, 0.15) is 18.4 Å². The molecule has 5 nitrogen and oxygen atoms in total. The largest absolute Gasteiger partial charge is 0.492 e. The van der Waals surface area contributed by atoms with E-state index in [1.54, 1.807) is 43.4 Å². The average Bonchev–Trinajstić information content (AvgIpc) is 2.56. The molecular formula is C17H15Cl2N3O2. The van der Waals surface area contributed by atoms with Crippen LogP contribution in [-0.2, 0) is 0 Å². The van der Waals surface area contributed by atoms with Gasteiger partial charge in [-0.25, -0.2) is 4.79 Å². The van der Waals surface area contributed by atoms with Crippen molar-refractivity contribution in [2.24, 2.45) is 0 Å². The van der Waals surface area contributed by atoms with E-state index in [0.29, 0.717) is 40.2 Å². The summed E-state index contributed by atoms with van der Waals surface area (Å²) in [6.45, 7) is 0.748. The Morgan fingerprint density at radius 3 is 2.58 bits per heavy atom. The van der Waals surface area contributed by atoms with E-state index in [-0.39, 0.29) is 6.03 Å². The first kappa shape index (κ1) is 17.9. The summed E-state index contributed by atoms with van der Waals surface area (Å²) in [4.78, 5) is 13.6. The zero-order chi connectivity index (χ0) is 17.5. The minimum atomic E-state index is -0.296. The Kier molecular flexibility index (Phi) is 6.30. The van der Waals surface area contributed by atoms with Crippen molar-refractivity contribution < 1.29 is 9.53 Å². The van der Waals surface area contributed by atoms with Crippen LogP contribution in [0.4, 0.5) is 10.5 Å². The van der Waals surface area contributed by atoms with Crippen molar-refractivity contribution in [2.45, 2.75) is 0 Å². The second kappa shape index (κ2) is 8.44. The van der Waals surface area contributed by atoms with Gasteiger partial charge in [0, 0.05) is 17.8 Å². The second-order valence-corrected chi connectivity index (χ2v) is 5.80. The molecule has 0 bridgehead atoms. The molecule has 0 saturated carbocycles. The number of anilines is 1. The Hall–Kier alpha value is -2.42. The van der Waals surface area contributed by atoms with Gasteiger partial charge in [-0.15, -0.1) is 0 Å². The highest BCUT2D eigenvalue weighted by molar-refractivity contribution is 6.32. The third kappa shape index (κ3) is 5.05. The van der Waals surface area contributed by atoms with E-state index < -0.39 is 0 Å². The van der Waals surface area contributed by atoms with E-state index in [1.807, 2.05) is 6.07 Å². The number of urea groups is 1. The van der Waals surface area contributed by atoms with Crippen LogP contribution in [0.5, 0.6) is 5.75 Å². The SMILES string of the molecule is CN(CCOc1ccc(Cl)cc1)C(=O)Nc1ccc(C#N)c(Cl)c1. The smallest absolute Gasteiger partial charge is 0.321 e. The number of nitrogens with zero attached hydrogens (tertiary/aromatic N) is 2. The van der Waals surface area contributed by atoms with Crippen LogP contribution in [0.3, 0.4) is 0 Å². The molecule has 2 aromatic rings. The standard InChI is InChI=1S/C17H15Cl2N3O2/c1-22(8-9-24-15-6-3-13(18)4-7-15)17(23)21-14-5-2-12(11-20)16(19)10-14/h2-7,10H,8-9H2,1H3,(H,21,23). The molecule has 2 rings (SSSR count). The summed E-state index contributed by atoms with van der Waals surface area (Å²) >= 11 is 11.7. The van der Waals surface area contributed by atoms with E-state index in [9.17, 15) is 4.79 Å². The summed E-state index contributed by atoms with van der Waals surface area (Å²) in [5.74, 6) is 0.687. The molecule has 124 valence electrons. The van der Waals surface area contributed by atoms with Crippen LogP contribution in [0.15, 0.2) is 42.5 Å². The zero-order valence-corrected chi connectivity index (χ0v) is 14.4. The fourth-order valence-corrected chi connectivity index (χ4v) is 2.18. The van der Waals surface area contributed by atoms with E-state index in [1.165, 1.54) is 11.0 Å². The van der Waals surface area contributed by atoms with Gasteiger partial charge >= 0.3 is 6.03 Å².